The molecule has 14 heavy (non-hydrogen) atoms. The summed E-state index contributed by atoms with van der Waals surface area (Å²) in [5, 5.41) is 3.96. The Bertz CT molecular complexity index is 424. The first-order valence-electron chi connectivity index (χ1n) is 3.07. The fourth-order valence-corrected chi connectivity index (χ4v) is 0.970. The van der Waals surface area contributed by atoms with Crippen LogP contribution < -0.4 is 0 Å². The molecule has 0 aliphatic carbocycles. The third kappa shape index (κ3) is 2.37. The Labute approximate surface area is 75.8 Å². The highest BCUT2D eigenvalue weighted by Crippen LogP contribution is 2.27. The molecule has 0 atom stereocenters. The normalized spacial score (nSPS) is 12.9. The van der Waals surface area contributed by atoms with Gasteiger partial charge < -0.3 is 0 Å². The lowest BCUT2D eigenvalue weighted by Gasteiger charge is -2.03. The van der Waals surface area contributed by atoms with Gasteiger partial charge in [-0.05, 0) is 12.1 Å². The highest BCUT2D eigenvalue weighted by molar-refractivity contribution is 7.86. The molecule has 1 heterocycles. The molecule has 0 saturated heterocycles. The van der Waals surface area contributed by atoms with Crippen LogP contribution >= 0.6 is 0 Å². The molecule has 0 unspecified atom stereocenters. The molecule has 1 rings (SSSR count). The molecular weight excluding hydrogens is 228 g/mol. The standard InChI is InChI=1S/C5H2F4N2O2S/c6-5(7,8)3-1-2-4(11-10-3)14(9,12)13/h1-2H. The Morgan fingerprint density at radius 3 is 2.00 bits per heavy atom. The molecule has 1 aromatic heterocycles. The van der Waals surface area contributed by atoms with Crippen molar-refractivity contribution in [1.82, 2.24) is 10.2 Å². The number of halogens is 4. The summed E-state index contributed by atoms with van der Waals surface area (Å²) in [5.41, 5.74) is -1.38. The van der Waals surface area contributed by atoms with Gasteiger partial charge in [-0.2, -0.15) is 21.6 Å². The summed E-state index contributed by atoms with van der Waals surface area (Å²) in [7, 11) is -5.11. The van der Waals surface area contributed by atoms with E-state index in [1.807, 2.05) is 0 Å². The highest BCUT2D eigenvalue weighted by Gasteiger charge is 2.33. The summed E-state index contributed by atoms with van der Waals surface area (Å²) in [6.07, 6.45) is -4.73. The van der Waals surface area contributed by atoms with Gasteiger partial charge in [0.15, 0.2) is 5.69 Å². The minimum absolute atomic E-state index is 0.333. The minimum atomic E-state index is -5.11. The highest BCUT2D eigenvalue weighted by atomic mass is 32.3. The van der Waals surface area contributed by atoms with Crippen LogP contribution in [0, 0.1) is 0 Å². The van der Waals surface area contributed by atoms with Gasteiger partial charge in [-0.15, -0.1) is 10.2 Å². The van der Waals surface area contributed by atoms with E-state index in [-0.39, 0.29) is 0 Å². The summed E-state index contributed by atoms with van der Waals surface area (Å²) in [5.74, 6) is 0. The molecule has 9 heteroatoms. The van der Waals surface area contributed by atoms with Crippen LogP contribution in [0.2, 0.25) is 0 Å². The smallest absolute Gasteiger partial charge is 0.188 e. The molecule has 0 spiro atoms. The molecule has 0 aromatic carbocycles. The largest absolute Gasteiger partial charge is 0.435 e. The van der Waals surface area contributed by atoms with Gasteiger partial charge in [-0.1, -0.05) is 3.89 Å². The number of rotatable bonds is 1. The van der Waals surface area contributed by atoms with Gasteiger partial charge in [-0.25, -0.2) is 0 Å². The van der Waals surface area contributed by atoms with Gasteiger partial charge in [0.2, 0.25) is 5.03 Å². The SMILES string of the molecule is O=S(=O)(F)c1ccc(C(F)(F)F)nn1. The van der Waals surface area contributed by atoms with E-state index in [1.165, 1.54) is 0 Å². The second-order valence-corrected chi connectivity index (χ2v) is 3.49. The van der Waals surface area contributed by atoms with Crippen molar-refractivity contribution in [2.24, 2.45) is 0 Å². The first kappa shape index (κ1) is 10.8. The average molecular weight is 230 g/mol. The third-order valence-electron chi connectivity index (χ3n) is 1.18. The topological polar surface area (TPSA) is 59.9 Å². The van der Waals surface area contributed by atoms with E-state index >= 15 is 0 Å². The van der Waals surface area contributed by atoms with E-state index in [1.54, 1.807) is 0 Å². The monoisotopic (exact) mass is 230 g/mol. The second-order valence-electron chi connectivity index (χ2n) is 2.19. The molecule has 0 radical (unpaired) electrons. The minimum Gasteiger partial charge on any atom is -0.188 e. The van der Waals surface area contributed by atoms with Gasteiger partial charge in [-0.3, -0.25) is 0 Å². The third-order valence-corrected chi connectivity index (χ3v) is 1.90. The lowest BCUT2D eigenvalue weighted by Crippen LogP contribution is -2.10. The lowest BCUT2D eigenvalue weighted by molar-refractivity contribution is -0.141. The molecule has 0 amide bonds. The fourth-order valence-electron chi connectivity index (χ4n) is 0.601. The molecular formula is C5H2F4N2O2S. The second kappa shape index (κ2) is 3.15. The van der Waals surface area contributed by atoms with Crippen LogP contribution in [-0.4, -0.2) is 18.6 Å². The predicted molar refractivity (Wildman–Crippen MR) is 35.3 cm³/mol. The molecule has 0 saturated carbocycles. The van der Waals surface area contributed by atoms with Crippen molar-refractivity contribution in [3.8, 4) is 0 Å². The van der Waals surface area contributed by atoms with Crippen molar-refractivity contribution in [2.75, 3.05) is 0 Å². The molecule has 0 N–H and O–H groups in total. The Hall–Kier alpha value is -1.25. The predicted octanol–water partition coefficient (Wildman–Crippen LogP) is 1.15. The maximum absolute atomic E-state index is 12.1. The zero-order valence-corrected chi connectivity index (χ0v) is 7.10. The van der Waals surface area contributed by atoms with Crippen LogP contribution in [0.4, 0.5) is 17.1 Å². The van der Waals surface area contributed by atoms with Crippen molar-refractivity contribution < 1.29 is 25.5 Å². The maximum Gasteiger partial charge on any atom is 0.435 e. The van der Waals surface area contributed by atoms with Crippen molar-refractivity contribution in [3.63, 3.8) is 0 Å². The van der Waals surface area contributed by atoms with Crippen LogP contribution in [0.3, 0.4) is 0 Å². The number of hydrogen-bond donors (Lipinski definition) is 0. The fraction of sp³-hybridized carbons (Fsp3) is 0.200. The first-order chi connectivity index (χ1) is 6.21. The Balaban J connectivity index is 3.14. The van der Waals surface area contributed by atoms with Gasteiger partial charge in [0.25, 0.3) is 0 Å². The number of aromatic nitrogens is 2. The Morgan fingerprint density at radius 1 is 1.14 bits per heavy atom. The van der Waals surface area contributed by atoms with Crippen molar-refractivity contribution >= 4 is 10.2 Å². The van der Waals surface area contributed by atoms with Gasteiger partial charge in [0, 0.05) is 0 Å². The van der Waals surface area contributed by atoms with Crippen molar-refractivity contribution in [2.45, 2.75) is 11.2 Å². The van der Waals surface area contributed by atoms with E-state index in [9.17, 15) is 25.5 Å². The van der Waals surface area contributed by atoms with Crippen LogP contribution in [0.1, 0.15) is 5.69 Å². The summed E-state index contributed by atoms with van der Waals surface area (Å²) in [6.45, 7) is 0. The van der Waals surface area contributed by atoms with E-state index in [0.29, 0.717) is 12.1 Å². The molecule has 0 bridgehead atoms. The molecule has 0 aliphatic rings. The zero-order valence-electron chi connectivity index (χ0n) is 6.29. The van der Waals surface area contributed by atoms with E-state index in [0.717, 1.165) is 0 Å². The number of nitrogens with zero attached hydrogens (tertiary/aromatic N) is 2. The zero-order chi connectivity index (χ0) is 11.0. The Morgan fingerprint density at radius 2 is 1.71 bits per heavy atom. The lowest BCUT2D eigenvalue weighted by atomic mass is 10.4. The first-order valence-corrected chi connectivity index (χ1v) is 4.45. The molecule has 78 valence electrons. The quantitative estimate of drug-likeness (QED) is 0.536. The van der Waals surface area contributed by atoms with Crippen LogP contribution in [0.25, 0.3) is 0 Å². The van der Waals surface area contributed by atoms with E-state index in [4.69, 9.17) is 0 Å². The molecule has 1 aromatic rings. The molecule has 0 fully saturated rings. The van der Waals surface area contributed by atoms with Crippen LogP contribution in [-0.2, 0) is 16.4 Å². The summed E-state index contributed by atoms with van der Waals surface area (Å²) >= 11 is 0. The molecule has 0 aliphatic heterocycles. The average Bonchev–Trinajstić information content (AvgIpc) is 2.01. The van der Waals surface area contributed by atoms with Gasteiger partial charge in [0.05, 0.1) is 0 Å². The van der Waals surface area contributed by atoms with Crippen molar-refractivity contribution in [1.29, 1.82) is 0 Å². The summed E-state index contributed by atoms with van der Waals surface area (Å²) in [4.78, 5) is 0. The Kier molecular flexibility index (Phi) is 2.44. The van der Waals surface area contributed by atoms with Gasteiger partial charge >= 0.3 is 16.4 Å². The van der Waals surface area contributed by atoms with Gasteiger partial charge in [0.1, 0.15) is 0 Å². The van der Waals surface area contributed by atoms with E-state index < -0.39 is 27.1 Å². The number of alkyl halides is 3. The van der Waals surface area contributed by atoms with Crippen LogP contribution in [0.5, 0.6) is 0 Å². The maximum atomic E-state index is 12.1. The van der Waals surface area contributed by atoms with Crippen molar-refractivity contribution in [3.05, 3.63) is 17.8 Å². The summed E-state index contributed by atoms with van der Waals surface area (Å²) < 4.78 is 68.0. The van der Waals surface area contributed by atoms with Crippen LogP contribution in [0.15, 0.2) is 17.2 Å². The summed E-state index contributed by atoms with van der Waals surface area (Å²) in [6, 6.07) is 0.727. The molecule has 4 nitrogen and oxygen atoms in total. The number of hydrogen-bond acceptors (Lipinski definition) is 4. The van der Waals surface area contributed by atoms with E-state index in [2.05, 4.69) is 10.2 Å².